The molecule has 0 heterocycles. The molecule has 0 aliphatic rings. The zero-order valence-corrected chi connectivity index (χ0v) is 13.4. The summed E-state index contributed by atoms with van der Waals surface area (Å²) in [6.07, 6.45) is -4.97. The molecule has 2 rings (SSSR count). The summed E-state index contributed by atoms with van der Waals surface area (Å²) >= 11 is 0. The number of alkyl halides is 3. The van der Waals surface area contributed by atoms with Crippen LogP contribution in [0.5, 0.6) is 0 Å². The van der Waals surface area contributed by atoms with Crippen LogP contribution in [0.25, 0.3) is 0 Å². The molecule has 1 amide bonds. The number of aliphatic hydroxyl groups is 1. The van der Waals surface area contributed by atoms with E-state index in [9.17, 15) is 23.1 Å². The molecule has 0 saturated heterocycles. The highest BCUT2D eigenvalue weighted by Crippen LogP contribution is 2.34. The molecule has 3 nitrogen and oxygen atoms in total. The number of hydrogen-bond acceptors (Lipinski definition) is 2. The van der Waals surface area contributed by atoms with Gasteiger partial charge in [0.1, 0.15) is 0 Å². The maximum Gasteiger partial charge on any atom is 0.416 e. The molecule has 1 atom stereocenters. The molecule has 6 heteroatoms. The van der Waals surface area contributed by atoms with E-state index in [1.807, 2.05) is 6.07 Å². The van der Waals surface area contributed by atoms with Crippen molar-refractivity contribution in [3.63, 3.8) is 0 Å². The lowest BCUT2D eigenvalue weighted by molar-refractivity contribution is -0.139. The van der Waals surface area contributed by atoms with Crippen molar-refractivity contribution in [2.45, 2.75) is 18.8 Å². The summed E-state index contributed by atoms with van der Waals surface area (Å²) in [5.74, 6) is -0.465. The van der Waals surface area contributed by atoms with E-state index in [1.165, 1.54) is 23.1 Å². The van der Waals surface area contributed by atoms with E-state index in [4.69, 9.17) is 0 Å². The van der Waals surface area contributed by atoms with Crippen LogP contribution in [-0.4, -0.2) is 22.5 Å². The second-order valence-electron chi connectivity index (χ2n) is 5.51. The minimum absolute atomic E-state index is 0.164. The third-order valence-corrected chi connectivity index (χ3v) is 3.72. The molecule has 1 N–H and O–H groups in total. The number of halogens is 3. The Bertz CT molecular complexity index is 729. The fraction of sp³-hybridized carbons (Fsp3) is 0.211. The highest BCUT2D eigenvalue weighted by Gasteiger charge is 2.35. The first-order valence-corrected chi connectivity index (χ1v) is 7.62. The van der Waals surface area contributed by atoms with Crippen LogP contribution in [0.15, 0.2) is 67.3 Å². The molecule has 132 valence electrons. The van der Waals surface area contributed by atoms with E-state index in [-0.39, 0.29) is 18.7 Å². The Morgan fingerprint density at radius 3 is 2.32 bits per heavy atom. The minimum atomic E-state index is -4.58. The maximum absolute atomic E-state index is 13.1. The molecule has 0 radical (unpaired) electrons. The lowest BCUT2D eigenvalue weighted by Gasteiger charge is -2.26. The van der Waals surface area contributed by atoms with Crippen molar-refractivity contribution in [3.8, 4) is 0 Å². The molecule has 0 aromatic heterocycles. The van der Waals surface area contributed by atoms with Gasteiger partial charge in [0.25, 0.3) is 0 Å². The van der Waals surface area contributed by atoms with E-state index >= 15 is 0 Å². The number of nitrogens with zero attached hydrogens (tertiary/aromatic N) is 1. The number of amides is 1. The van der Waals surface area contributed by atoms with Crippen molar-refractivity contribution >= 4 is 5.91 Å². The standard InChI is InChI=1S/C19H18F3NO2/c1-2-18(25)23(12-14-8-4-3-5-9-14)13-17(24)15-10-6-7-11-16(15)19(20,21)22/h2-11,17,24H,1,12-13H2. The van der Waals surface area contributed by atoms with Gasteiger partial charge in [-0.25, -0.2) is 0 Å². The number of aliphatic hydroxyl groups excluding tert-OH is 1. The van der Waals surface area contributed by atoms with Crippen molar-refractivity contribution in [1.82, 2.24) is 4.90 Å². The van der Waals surface area contributed by atoms with Crippen molar-refractivity contribution < 1.29 is 23.1 Å². The highest BCUT2D eigenvalue weighted by atomic mass is 19.4. The van der Waals surface area contributed by atoms with Gasteiger partial charge in [-0.3, -0.25) is 4.79 Å². The van der Waals surface area contributed by atoms with Gasteiger partial charge < -0.3 is 10.0 Å². The van der Waals surface area contributed by atoms with Crippen LogP contribution in [0.4, 0.5) is 13.2 Å². The molecular weight excluding hydrogens is 331 g/mol. The van der Waals surface area contributed by atoms with Crippen molar-refractivity contribution in [3.05, 3.63) is 83.9 Å². The Labute approximate surface area is 144 Å². The normalized spacial score (nSPS) is 12.5. The SMILES string of the molecule is C=CC(=O)N(Cc1ccccc1)CC(O)c1ccccc1C(F)(F)F. The van der Waals surface area contributed by atoms with Crippen molar-refractivity contribution in [2.24, 2.45) is 0 Å². The van der Waals surface area contributed by atoms with Crippen molar-refractivity contribution in [2.75, 3.05) is 6.54 Å². The van der Waals surface area contributed by atoms with Gasteiger partial charge in [0.15, 0.2) is 0 Å². The van der Waals surface area contributed by atoms with Gasteiger partial charge in [-0.2, -0.15) is 13.2 Å². The zero-order chi connectivity index (χ0) is 18.4. The van der Waals surface area contributed by atoms with E-state index in [0.717, 1.165) is 17.7 Å². The van der Waals surface area contributed by atoms with Crippen LogP contribution in [0.2, 0.25) is 0 Å². The first-order chi connectivity index (χ1) is 11.8. The Morgan fingerprint density at radius 2 is 1.72 bits per heavy atom. The molecule has 0 fully saturated rings. The Balaban J connectivity index is 2.24. The van der Waals surface area contributed by atoms with Gasteiger partial charge in [-0.15, -0.1) is 0 Å². The van der Waals surface area contributed by atoms with Crippen LogP contribution < -0.4 is 0 Å². The summed E-state index contributed by atoms with van der Waals surface area (Å²) < 4.78 is 39.3. The van der Waals surface area contributed by atoms with Crippen LogP contribution in [-0.2, 0) is 17.5 Å². The largest absolute Gasteiger partial charge is 0.416 e. The van der Waals surface area contributed by atoms with Crippen molar-refractivity contribution in [1.29, 1.82) is 0 Å². The minimum Gasteiger partial charge on any atom is -0.387 e. The fourth-order valence-corrected chi connectivity index (χ4v) is 2.52. The quantitative estimate of drug-likeness (QED) is 0.802. The predicted octanol–water partition coefficient (Wildman–Crippen LogP) is 3.95. The molecule has 0 aliphatic carbocycles. The summed E-state index contributed by atoms with van der Waals surface area (Å²) in [7, 11) is 0. The number of hydrogen-bond donors (Lipinski definition) is 1. The molecule has 0 saturated carbocycles. The smallest absolute Gasteiger partial charge is 0.387 e. The molecule has 25 heavy (non-hydrogen) atoms. The monoisotopic (exact) mass is 349 g/mol. The average molecular weight is 349 g/mol. The van der Waals surface area contributed by atoms with Gasteiger partial charge in [0.05, 0.1) is 18.2 Å². The first kappa shape index (κ1) is 18.7. The van der Waals surface area contributed by atoms with E-state index in [2.05, 4.69) is 6.58 Å². The van der Waals surface area contributed by atoms with E-state index in [1.54, 1.807) is 24.3 Å². The first-order valence-electron chi connectivity index (χ1n) is 7.62. The summed E-state index contributed by atoms with van der Waals surface area (Å²) in [4.78, 5) is 13.3. The second kappa shape index (κ2) is 7.98. The highest BCUT2D eigenvalue weighted by molar-refractivity contribution is 5.87. The topological polar surface area (TPSA) is 40.5 Å². The summed E-state index contributed by atoms with van der Waals surface area (Å²) in [5, 5.41) is 10.3. The molecule has 1 unspecified atom stereocenters. The Morgan fingerprint density at radius 1 is 1.12 bits per heavy atom. The van der Waals surface area contributed by atoms with Crippen LogP contribution >= 0.6 is 0 Å². The lowest BCUT2D eigenvalue weighted by atomic mass is 10.0. The molecular formula is C19H18F3NO2. The molecule has 0 bridgehead atoms. The van der Waals surface area contributed by atoms with Crippen LogP contribution in [0.3, 0.4) is 0 Å². The van der Waals surface area contributed by atoms with Crippen LogP contribution in [0.1, 0.15) is 22.8 Å². The molecule has 0 aliphatic heterocycles. The van der Waals surface area contributed by atoms with Gasteiger partial charge >= 0.3 is 6.18 Å². The third kappa shape index (κ3) is 4.93. The lowest BCUT2D eigenvalue weighted by Crippen LogP contribution is -2.33. The summed E-state index contributed by atoms with van der Waals surface area (Å²) in [6.45, 7) is 3.30. The average Bonchev–Trinajstić information content (AvgIpc) is 2.60. The van der Waals surface area contributed by atoms with Gasteiger partial charge in [-0.05, 0) is 23.3 Å². The Kier molecular flexibility index (Phi) is 5.98. The van der Waals surface area contributed by atoms with E-state index < -0.39 is 23.8 Å². The number of benzene rings is 2. The van der Waals surface area contributed by atoms with Gasteiger partial charge in [-0.1, -0.05) is 55.1 Å². The molecule has 2 aromatic rings. The third-order valence-electron chi connectivity index (χ3n) is 3.72. The fourth-order valence-electron chi connectivity index (χ4n) is 2.52. The Hall–Kier alpha value is -2.60. The summed E-state index contributed by atoms with van der Waals surface area (Å²) in [5.41, 5.74) is -0.368. The second-order valence-corrected chi connectivity index (χ2v) is 5.51. The van der Waals surface area contributed by atoms with Gasteiger partial charge in [0.2, 0.25) is 5.91 Å². The maximum atomic E-state index is 13.1. The summed E-state index contributed by atoms with van der Waals surface area (Å²) in [6, 6.07) is 13.8. The number of carbonyl (C=O) groups is 1. The number of rotatable bonds is 6. The zero-order valence-electron chi connectivity index (χ0n) is 13.4. The molecule has 0 spiro atoms. The number of carbonyl (C=O) groups excluding carboxylic acids is 1. The van der Waals surface area contributed by atoms with Crippen LogP contribution in [0, 0.1) is 0 Å². The predicted molar refractivity (Wildman–Crippen MR) is 88.5 cm³/mol. The van der Waals surface area contributed by atoms with Gasteiger partial charge in [0, 0.05) is 6.54 Å². The molecule has 2 aromatic carbocycles. The van der Waals surface area contributed by atoms with E-state index in [0.29, 0.717) is 0 Å².